The summed E-state index contributed by atoms with van der Waals surface area (Å²) in [5, 5.41) is 2.72. The van der Waals surface area contributed by atoms with Gasteiger partial charge in [-0.25, -0.2) is 8.42 Å². The van der Waals surface area contributed by atoms with Crippen molar-refractivity contribution in [2.75, 3.05) is 12.0 Å². The average molecular weight is 261 g/mol. The lowest BCUT2D eigenvalue weighted by atomic mass is 10.2. The normalized spacial score (nSPS) is 17.1. The molecular weight excluding hydrogens is 243 g/mol. The molecule has 2 atom stereocenters. The van der Waals surface area contributed by atoms with Crippen LogP contribution in [0.4, 0.5) is 13.2 Å². The highest BCUT2D eigenvalue weighted by Crippen LogP contribution is 2.21. The minimum absolute atomic E-state index is 0.0140. The van der Waals surface area contributed by atoms with Crippen molar-refractivity contribution in [3.8, 4) is 0 Å². The summed E-state index contributed by atoms with van der Waals surface area (Å²) < 4.78 is 57.7. The number of sulfone groups is 1. The second-order valence-electron chi connectivity index (χ2n) is 4.21. The van der Waals surface area contributed by atoms with Crippen LogP contribution in [0.5, 0.6) is 0 Å². The molecular formula is C9H18F3NO2S. The first-order valence-electron chi connectivity index (χ1n) is 5.00. The van der Waals surface area contributed by atoms with Crippen LogP contribution < -0.4 is 5.32 Å². The van der Waals surface area contributed by atoms with Gasteiger partial charge in [-0.2, -0.15) is 13.2 Å². The molecule has 0 fully saturated rings. The Hall–Kier alpha value is -0.300. The predicted molar refractivity (Wildman–Crippen MR) is 57.1 cm³/mol. The lowest BCUT2D eigenvalue weighted by Gasteiger charge is -2.20. The van der Waals surface area contributed by atoms with Crippen molar-refractivity contribution < 1.29 is 21.6 Å². The van der Waals surface area contributed by atoms with Crippen LogP contribution in [-0.4, -0.2) is 38.7 Å². The van der Waals surface area contributed by atoms with Gasteiger partial charge in [-0.1, -0.05) is 0 Å². The van der Waals surface area contributed by atoms with E-state index in [9.17, 15) is 21.6 Å². The Morgan fingerprint density at radius 1 is 1.19 bits per heavy atom. The molecule has 0 heterocycles. The van der Waals surface area contributed by atoms with Gasteiger partial charge in [-0.3, -0.25) is 0 Å². The highest BCUT2D eigenvalue weighted by Gasteiger charge is 2.30. The molecule has 0 aromatic rings. The van der Waals surface area contributed by atoms with E-state index >= 15 is 0 Å². The van der Waals surface area contributed by atoms with E-state index in [4.69, 9.17) is 0 Å². The lowest BCUT2D eigenvalue weighted by Crippen LogP contribution is -2.38. The molecule has 0 radical (unpaired) electrons. The SMILES string of the molecule is CC(CCS(C)(=O)=O)NC(C)CC(F)(F)F. The van der Waals surface area contributed by atoms with Crippen LogP contribution in [0, 0.1) is 0 Å². The Labute approximate surface area is 94.3 Å². The Kier molecular flexibility index (Phi) is 5.75. The summed E-state index contributed by atoms with van der Waals surface area (Å²) in [6, 6.07) is -0.943. The van der Waals surface area contributed by atoms with Gasteiger partial charge in [-0.15, -0.1) is 0 Å². The highest BCUT2D eigenvalue weighted by molar-refractivity contribution is 7.90. The van der Waals surface area contributed by atoms with Crippen LogP contribution in [0.2, 0.25) is 0 Å². The van der Waals surface area contributed by atoms with Gasteiger partial charge in [0.25, 0.3) is 0 Å². The third kappa shape index (κ3) is 10.2. The average Bonchev–Trinajstić information content (AvgIpc) is 1.95. The van der Waals surface area contributed by atoms with Crippen molar-refractivity contribution in [2.45, 2.75) is 44.9 Å². The van der Waals surface area contributed by atoms with E-state index in [0.717, 1.165) is 6.26 Å². The Morgan fingerprint density at radius 2 is 1.69 bits per heavy atom. The molecule has 0 aliphatic rings. The van der Waals surface area contributed by atoms with Crippen molar-refractivity contribution >= 4 is 9.84 Å². The molecule has 0 rings (SSSR count). The summed E-state index contributed by atoms with van der Waals surface area (Å²) in [6.07, 6.45) is -3.67. The van der Waals surface area contributed by atoms with Gasteiger partial charge in [0.1, 0.15) is 9.84 Å². The lowest BCUT2D eigenvalue weighted by molar-refractivity contribution is -0.139. The van der Waals surface area contributed by atoms with Gasteiger partial charge in [0.15, 0.2) is 0 Å². The van der Waals surface area contributed by atoms with Crippen LogP contribution in [0.3, 0.4) is 0 Å². The molecule has 98 valence electrons. The second-order valence-corrected chi connectivity index (χ2v) is 6.47. The largest absolute Gasteiger partial charge is 0.390 e. The van der Waals surface area contributed by atoms with E-state index in [-0.39, 0.29) is 11.8 Å². The predicted octanol–water partition coefficient (Wildman–Crippen LogP) is 1.74. The number of hydrogen-bond acceptors (Lipinski definition) is 3. The van der Waals surface area contributed by atoms with Crippen LogP contribution in [-0.2, 0) is 9.84 Å². The number of rotatable bonds is 6. The van der Waals surface area contributed by atoms with Crippen LogP contribution >= 0.6 is 0 Å². The van der Waals surface area contributed by atoms with Gasteiger partial charge >= 0.3 is 6.18 Å². The van der Waals surface area contributed by atoms with Crippen LogP contribution in [0.25, 0.3) is 0 Å². The van der Waals surface area contributed by atoms with Crippen LogP contribution in [0.15, 0.2) is 0 Å². The molecule has 0 aromatic heterocycles. The topological polar surface area (TPSA) is 46.2 Å². The van der Waals surface area contributed by atoms with Crippen LogP contribution in [0.1, 0.15) is 26.7 Å². The zero-order valence-corrected chi connectivity index (χ0v) is 10.5. The zero-order chi connectivity index (χ0) is 13.0. The molecule has 0 bridgehead atoms. The van der Waals surface area contributed by atoms with Crippen molar-refractivity contribution in [3.05, 3.63) is 0 Å². The van der Waals surface area contributed by atoms with E-state index in [1.165, 1.54) is 6.92 Å². The highest BCUT2D eigenvalue weighted by atomic mass is 32.2. The minimum Gasteiger partial charge on any atom is -0.311 e. The maximum Gasteiger partial charge on any atom is 0.390 e. The molecule has 2 unspecified atom stereocenters. The maximum absolute atomic E-state index is 12.0. The zero-order valence-electron chi connectivity index (χ0n) is 9.63. The Bertz CT molecular complexity index is 300. The quantitative estimate of drug-likeness (QED) is 0.792. The van der Waals surface area contributed by atoms with Crippen molar-refractivity contribution in [3.63, 3.8) is 0 Å². The van der Waals surface area contributed by atoms with Gasteiger partial charge in [0, 0.05) is 18.3 Å². The first kappa shape index (κ1) is 15.7. The summed E-state index contributed by atoms with van der Waals surface area (Å²) >= 11 is 0. The molecule has 3 nitrogen and oxygen atoms in total. The molecule has 0 saturated heterocycles. The van der Waals surface area contributed by atoms with Gasteiger partial charge < -0.3 is 5.32 Å². The summed E-state index contributed by atoms with van der Waals surface area (Å²) in [4.78, 5) is 0. The number of nitrogens with one attached hydrogen (secondary N) is 1. The first-order chi connectivity index (χ1) is 6.99. The Balaban J connectivity index is 3.92. The van der Waals surface area contributed by atoms with E-state index in [2.05, 4.69) is 5.32 Å². The fraction of sp³-hybridized carbons (Fsp3) is 1.00. The Morgan fingerprint density at radius 3 is 2.06 bits per heavy atom. The van der Waals surface area contributed by atoms with Gasteiger partial charge in [0.2, 0.25) is 0 Å². The first-order valence-corrected chi connectivity index (χ1v) is 7.06. The maximum atomic E-state index is 12.0. The van der Waals surface area contributed by atoms with Crippen molar-refractivity contribution in [1.82, 2.24) is 5.32 Å². The molecule has 0 saturated carbocycles. The third-order valence-corrected chi connectivity index (χ3v) is 3.01. The standard InChI is InChI=1S/C9H18F3NO2S/c1-7(4-5-16(3,14)15)13-8(2)6-9(10,11)12/h7-8,13H,4-6H2,1-3H3. The minimum atomic E-state index is -4.19. The molecule has 0 aliphatic heterocycles. The van der Waals surface area contributed by atoms with Gasteiger partial charge in [-0.05, 0) is 20.3 Å². The monoisotopic (exact) mass is 261 g/mol. The number of halogens is 3. The smallest absolute Gasteiger partial charge is 0.311 e. The molecule has 0 aliphatic carbocycles. The fourth-order valence-corrected chi connectivity index (χ4v) is 2.15. The van der Waals surface area contributed by atoms with Crippen molar-refractivity contribution in [1.29, 1.82) is 0 Å². The summed E-state index contributed by atoms with van der Waals surface area (Å²) in [6.45, 7) is 3.11. The third-order valence-electron chi connectivity index (χ3n) is 2.03. The van der Waals surface area contributed by atoms with E-state index in [1.54, 1.807) is 6.92 Å². The molecule has 0 spiro atoms. The van der Waals surface area contributed by atoms with E-state index in [0.29, 0.717) is 6.42 Å². The van der Waals surface area contributed by atoms with E-state index < -0.39 is 28.5 Å². The van der Waals surface area contributed by atoms with E-state index in [1.807, 2.05) is 0 Å². The molecule has 0 amide bonds. The van der Waals surface area contributed by atoms with Gasteiger partial charge in [0.05, 0.1) is 12.2 Å². The molecule has 0 aromatic carbocycles. The fourth-order valence-electron chi connectivity index (χ4n) is 1.37. The number of hydrogen-bond donors (Lipinski definition) is 1. The number of alkyl halides is 3. The molecule has 1 N–H and O–H groups in total. The summed E-state index contributed by atoms with van der Waals surface area (Å²) in [5.41, 5.74) is 0. The molecule has 7 heteroatoms. The second kappa shape index (κ2) is 5.86. The summed E-state index contributed by atoms with van der Waals surface area (Å²) in [5.74, 6) is -0.0140. The summed E-state index contributed by atoms with van der Waals surface area (Å²) in [7, 11) is -3.05. The molecule has 16 heavy (non-hydrogen) atoms. The van der Waals surface area contributed by atoms with Crippen molar-refractivity contribution in [2.24, 2.45) is 0 Å².